The second kappa shape index (κ2) is 17.4. The fourth-order valence-electron chi connectivity index (χ4n) is 3.71. The molecule has 1 saturated heterocycles. The molecule has 0 spiro atoms. The summed E-state index contributed by atoms with van der Waals surface area (Å²) in [5.74, 6) is 0. The lowest BCUT2D eigenvalue weighted by molar-refractivity contribution is -0.261. The molecular formula is C22H45NO6. The van der Waals surface area contributed by atoms with Crippen molar-refractivity contribution in [1.82, 2.24) is 5.48 Å². The number of hydrogen-bond donors (Lipinski definition) is 5. The Morgan fingerprint density at radius 1 is 0.690 bits per heavy atom. The van der Waals surface area contributed by atoms with Crippen molar-refractivity contribution in [2.24, 2.45) is 0 Å². The Balaban J connectivity index is 1.88. The van der Waals surface area contributed by atoms with Crippen molar-refractivity contribution in [1.29, 1.82) is 0 Å². The highest BCUT2D eigenvalue weighted by molar-refractivity contribution is 4.90. The molecular weight excluding hydrogens is 374 g/mol. The Kier molecular flexibility index (Phi) is 16.1. The second-order valence-corrected chi connectivity index (χ2v) is 8.31. The minimum atomic E-state index is -1.39. The van der Waals surface area contributed by atoms with Crippen LogP contribution in [-0.2, 0) is 9.57 Å². The zero-order chi connectivity index (χ0) is 21.3. The highest BCUT2D eigenvalue weighted by atomic mass is 16.7. The van der Waals surface area contributed by atoms with Crippen LogP contribution in [0.5, 0.6) is 0 Å². The van der Waals surface area contributed by atoms with Crippen LogP contribution in [0.4, 0.5) is 0 Å². The molecule has 0 radical (unpaired) electrons. The summed E-state index contributed by atoms with van der Waals surface area (Å²) in [5, 5.41) is 38.5. The first-order valence-corrected chi connectivity index (χ1v) is 11.8. The van der Waals surface area contributed by atoms with Gasteiger partial charge in [0.15, 0.2) is 6.23 Å². The van der Waals surface area contributed by atoms with E-state index in [1.54, 1.807) is 0 Å². The number of unbranched alkanes of at least 4 members (excludes halogenated alkanes) is 13. The van der Waals surface area contributed by atoms with Crippen LogP contribution in [0.25, 0.3) is 0 Å². The zero-order valence-corrected chi connectivity index (χ0v) is 18.3. The Bertz CT molecular complexity index is 371. The van der Waals surface area contributed by atoms with Gasteiger partial charge in [0.2, 0.25) is 0 Å². The summed E-state index contributed by atoms with van der Waals surface area (Å²) in [4.78, 5) is 5.32. The Hall–Kier alpha value is -0.280. The molecule has 7 heteroatoms. The van der Waals surface area contributed by atoms with Gasteiger partial charge in [-0.3, -0.25) is 4.84 Å². The second-order valence-electron chi connectivity index (χ2n) is 8.31. The maximum Gasteiger partial charge on any atom is 0.159 e. The molecule has 0 aliphatic carbocycles. The van der Waals surface area contributed by atoms with E-state index in [-0.39, 0.29) is 0 Å². The van der Waals surface area contributed by atoms with Crippen molar-refractivity contribution in [2.45, 2.75) is 127 Å². The van der Waals surface area contributed by atoms with Crippen LogP contribution in [0.2, 0.25) is 0 Å². The van der Waals surface area contributed by atoms with Gasteiger partial charge < -0.3 is 25.2 Å². The molecule has 0 aromatic rings. The molecule has 0 aromatic heterocycles. The SMILES string of the molecule is CCCCCCCCCCCCCCCCONC1OC(CO)C(O)C(O)C1O. The molecule has 29 heavy (non-hydrogen) atoms. The smallest absolute Gasteiger partial charge is 0.159 e. The minimum absolute atomic E-state index is 0.442. The number of aliphatic hydroxyl groups excluding tert-OH is 4. The Labute approximate surface area is 176 Å². The molecule has 0 bridgehead atoms. The van der Waals surface area contributed by atoms with E-state index in [4.69, 9.17) is 14.7 Å². The lowest BCUT2D eigenvalue weighted by atomic mass is 9.99. The lowest BCUT2D eigenvalue weighted by Crippen LogP contribution is -2.62. The Morgan fingerprint density at radius 3 is 1.66 bits per heavy atom. The standard InChI is InChI=1S/C22H45NO6/c1-2-3-4-5-6-7-8-9-10-11-12-13-14-15-16-28-23-22-21(27)20(26)19(25)18(17-24)29-22/h18-27H,2-17H2,1H3. The van der Waals surface area contributed by atoms with Crippen molar-refractivity contribution in [3.05, 3.63) is 0 Å². The summed E-state index contributed by atoms with van der Waals surface area (Å²) in [5.41, 5.74) is 2.58. The summed E-state index contributed by atoms with van der Waals surface area (Å²) in [7, 11) is 0. The van der Waals surface area contributed by atoms with Crippen LogP contribution in [0, 0.1) is 0 Å². The Morgan fingerprint density at radius 2 is 1.17 bits per heavy atom. The van der Waals surface area contributed by atoms with Gasteiger partial charge in [0.25, 0.3) is 0 Å². The number of nitrogens with one attached hydrogen (secondary N) is 1. The molecule has 0 aromatic carbocycles. The molecule has 7 nitrogen and oxygen atoms in total. The van der Waals surface area contributed by atoms with Gasteiger partial charge >= 0.3 is 0 Å². The van der Waals surface area contributed by atoms with E-state index >= 15 is 0 Å². The third kappa shape index (κ3) is 11.6. The minimum Gasteiger partial charge on any atom is -0.394 e. The molecule has 0 saturated carbocycles. The molecule has 174 valence electrons. The summed E-state index contributed by atoms with van der Waals surface area (Å²) in [6.07, 6.45) is 12.2. The van der Waals surface area contributed by atoms with Crippen LogP contribution in [0.1, 0.15) is 96.8 Å². The van der Waals surface area contributed by atoms with Gasteiger partial charge in [0.05, 0.1) is 13.2 Å². The summed E-state index contributed by atoms with van der Waals surface area (Å²) in [6, 6.07) is 0. The highest BCUT2D eigenvalue weighted by Crippen LogP contribution is 2.19. The third-order valence-electron chi connectivity index (χ3n) is 5.69. The van der Waals surface area contributed by atoms with E-state index in [9.17, 15) is 15.3 Å². The fraction of sp³-hybridized carbons (Fsp3) is 1.00. The van der Waals surface area contributed by atoms with Crippen LogP contribution in [-0.4, -0.2) is 64.3 Å². The predicted octanol–water partition coefficient (Wildman–Crippen LogP) is 2.79. The maximum absolute atomic E-state index is 9.89. The molecule has 1 rings (SSSR count). The van der Waals surface area contributed by atoms with Gasteiger partial charge in [-0.1, -0.05) is 90.4 Å². The third-order valence-corrected chi connectivity index (χ3v) is 5.69. The van der Waals surface area contributed by atoms with E-state index in [1.807, 2.05) is 0 Å². The first-order valence-electron chi connectivity index (χ1n) is 11.8. The van der Waals surface area contributed by atoms with Gasteiger partial charge in [-0.25, -0.2) is 0 Å². The van der Waals surface area contributed by atoms with Crippen LogP contribution in [0.3, 0.4) is 0 Å². The lowest BCUT2D eigenvalue weighted by Gasteiger charge is -2.39. The van der Waals surface area contributed by atoms with Crippen molar-refractivity contribution in [3.8, 4) is 0 Å². The number of rotatable bonds is 18. The predicted molar refractivity (Wildman–Crippen MR) is 113 cm³/mol. The zero-order valence-electron chi connectivity index (χ0n) is 18.3. The average Bonchev–Trinajstić information content (AvgIpc) is 2.73. The van der Waals surface area contributed by atoms with E-state index in [0.717, 1.165) is 12.8 Å². The number of aliphatic hydroxyl groups is 4. The van der Waals surface area contributed by atoms with Gasteiger partial charge in [0.1, 0.15) is 24.4 Å². The molecule has 1 fully saturated rings. The molecule has 0 amide bonds. The number of hydrogen-bond acceptors (Lipinski definition) is 7. The topological polar surface area (TPSA) is 111 Å². The van der Waals surface area contributed by atoms with E-state index in [1.165, 1.54) is 77.0 Å². The van der Waals surface area contributed by atoms with Crippen LogP contribution in [0.15, 0.2) is 0 Å². The van der Waals surface area contributed by atoms with Crippen LogP contribution >= 0.6 is 0 Å². The van der Waals surface area contributed by atoms with Gasteiger partial charge in [0, 0.05) is 0 Å². The largest absolute Gasteiger partial charge is 0.394 e. The first-order chi connectivity index (χ1) is 14.1. The van der Waals surface area contributed by atoms with Crippen molar-refractivity contribution >= 4 is 0 Å². The van der Waals surface area contributed by atoms with E-state index in [2.05, 4.69) is 12.4 Å². The van der Waals surface area contributed by atoms with E-state index < -0.39 is 37.3 Å². The van der Waals surface area contributed by atoms with Crippen LogP contribution < -0.4 is 5.48 Å². The maximum atomic E-state index is 9.89. The van der Waals surface area contributed by atoms with Gasteiger partial charge in [-0.2, -0.15) is 5.48 Å². The molecule has 5 N–H and O–H groups in total. The quantitative estimate of drug-likeness (QED) is 0.172. The highest BCUT2D eigenvalue weighted by Gasteiger charge is 2.43. The monoisotopic (exact) mass is 419 g/mol. The van der Waals surface area contributed by atoms with Crippen molar-refractivity contribution < 1.29 is 30.0 Å². The fourth-order valence-corrected chi connectivity index (χ4v) is 3.71. The number of hydroxylamine groups is 1. The van der Waals surface area contributed by atoms with Crippen molar-refractivity contribution in [2.75, 3.05) is 13.2 Å². The van der Waals surface area contributed by atoms with Gasteiger partial charge in [-0.05, 0) is 6.42 Å². The first kappa shape index (κ1) is 26.8. The molecule has 5 unspecified atom stereocenters. The summed E-state index contributed by atoms with van der Waals surface area (Å²) >= 11 is 0. The summed E-state index contributed by atoms with van der Waals surface area (Å²) < 4.78 is 5.31. The average molecular weight is 420 g/mol. The van der Waals surface area contributed by atoms with Crippen molar-refractivity contribution in [3.63, 3.8) is 0 Å². The summed E-state index contributed by atoms with van der Waals surface area (Å²) in [6.45, 7) is 2.30. The van der Waals surface area contributed by atoms with E-state index in [0.29, 0.717) is 6.61 Å². The molecule has 1 aliphatic rings. The molecule has 1 aliphatic heterocycles. The molecule has 5 atom stereocenters. The molecule has 1 heterocycles. The normalized spacial score (nSPS) is 27.4. The number of ether oxygens (including phenoxy) is 1. The van der Waals surface area contributed by atoms with Gasteiger partial charge in [-0.15, -0.1) is 0 Å².